The second kappa shape index (κ2) is 6.86. The smallest absolute Gasteiger partial charge is 0.189 e. The molecule has 1 N–H and O–H groups in total. The maximum absolute atomic E-state index is 4.57. The predicted molar refractivity (Wildman–Crippen MR) is 88.1 cm³/mol. The summed E-state index contributed by atoms with van der Waals surface area (Å²) in [6.07, 6.45) is 3.14. The van der Waals surface area contributed by atoms with E-state index in [2.05, 4.69) is 67.3 Å². The SMILES string of the molecule is CCCNC(C)c1cnc(N(C)c2ccccc2C)s1. The molecule has 3 nitrogen and oxygen atoms in total. The summed E-state index contributed by atoms with van der Waals surface area (Å²) >= 11 is 1.76. The van der Waals surface area contributed by atoms with E-state index < -0.39 is 0 Å². The average Bonchev–Trinajstić information content (AvgIpc) is 2.94. The number of thiazole rings is 1. The molecule has 1 aromatic heterocycles. The van der Waals surface area contributed by atoms with Crippen molar-refractivity contribution in [1.29, 1.82) is 0 Å². The van der Waals surface area contributed by atoms with Crippen molar-refractivity contribution in [2.24, 2.45) is 0 Å². The van der Waals surface area contributed by atoms with Crippen molar-refractivity contribution in [1.82, 2.24) is 10.3 Å². The number of rotatable bonds is 6. The van der Waals surface area contributed by atoms with Crippen LogP contribution in [-0.4, -0.2) is 18.6 Å². The molecule has 0 amide bonds. The van der Waals surface area contributed by atoms with Crippen LogP contribution >= 0.6 is 11.3 Å². The highest BCUT2D eigenvalue weighted by molar-refractivity contribution is 7.15. The van der Waals surface area contributed by atoms with Gasteiger partial charge >= 0.3 is 0 Å². The first-order valence-corrected chi connectivity index (χ1v) is 7.93. The van der Waals surface area contributed by atoms with Gasteiger partial charge in [0.15, 0.2) is 5.13 Å². The van der Waals surface area contributed by atoms with Crippen LogP contribution in [0.3, 0.4) is 0 Å². The molecule has 1 heterocycles. The van der Waals surface area contributed by atoms with Gasteiger partial charge in [-0.2, -0.15) is 0 Å². The zero-order valence-electron chi connectivity index (χ0n) is 12.7. The number of hydrogen-bond acceptors (Lipinski definition) is 4. The van der Waals surface area contributed by atoms with Gasteiger partial charge in [-0.3, -0.25) is 0 Å². The molecular formula is C16H23N3S. The van der Waals surface area contributed by atoms with E-state index in [1.54, 1.807) is 11.3 Å². The Kier molecular flexibility index (Phi) is 5.15. The summed E-state index contributed by atoms with van der Waals surface area (Å²) in [6, 6.07) is 8.77. The Balaban J connectivity index is 2.14. The lowest BCUT2D eigenvalue weighted by Crippen LogP contribution is -2.18. The molecule has 0 spiro atoms. The first-order valence-electron chi connectivity index (χ1n) is 7.12. The fourth-order valence-electron chi connectivity index (χ4n) is 2.14. The van der Waals surface area contributed by atoms with E-state index >= 15 is 0 Å². The minimum Gasteiger partial charge on any atom is -0.321 e. The number of hydrogen-bond donors (Lipinski definition) is 1. The number of anilines is 2. The van der Waals surface area contributed by atoms with Crippen molar-refractivity contribution < 1.29 is 0 Å². The van der Waals surface area contributed by atoms with Crippen LogP contribution in [0.5, 0.6) is 0 Å². The molecule has 2 rings (SSSR count). The van der Waals surface area contributed by atoms with Gasteiger partial charge in [0.2, 0.25) is 0 Å². The highest BCUT2D eigenvalue weighted by Crippen LogP contribution is 2.32. The van der Waals surface area contributed by atoms with Gasteiger partial charge in [-0.05, 0) is 38.4 Å². The van der Waals surface area contributed by atoms with Crippen molar-refractivity contribution >= 4 is 22.2 Å². The van der Waals surface area contributed by atoms with Crippen molar-refractivity contribution in [2.45, 2.75) is 33.2 Å². The lowest BCUT2D eigenvalue weighted by Gasteiger charge is -2.18. The van der Waals surface area contributed by atoms with E-state index in [1.165, 1.54) is 16.1 Å². The van der Waals surface area contributed by atoms with Crippen LogP contribution in [-0.2, 0) is 0 Å². The molecule has 2 aromatic rings. The highest BCUT2D eigenvalue weighted by atomic mass is 32.1. The van der Waals surface area contributed by atoms with Crippen LogP contribution in [0.4, 0.5) is 10.8 Å². The third-order valence-corrected chi connectivity index (χ3v) is 4.66. The summed E-state index contributed by atoms with van der Waals surface area (Å²) in [5.41, 5.74) is 2.48. The number of para-hydroxylation sites is 1. The zero-order chi connectivity index (χ0) is 14.5. The minimum absolute atomic E-state index is 0.367. The molecule has 0 radical (unpaired) electrons. The van der Waals surface area contributed by atoms with E-state index in [9.17, 15) is 0 Å². The fraction of sp³-hybridized carbons (Fsp3) is 0.438. The van der Waals surface area contributed by atoms with Crippen LogP contribution in [0.1, 0.15) is 36.8 Å². The van der Waals surface area contributed by atoms with E-state index in [-0.39, 0.29) is 0 Å². The fourth-order valence-corrected chi connectivity index (χ4v) is 3.05. The number of nitrogens with zero attached hydrogens (tertiary/aromatic N) is 2. The normalized spacial score (nSPS) is 12.4. The Morgan fingerprint density at radius 1 is 1.35 bits per heavy atom. The van der Waals surface area contributed by atoms with Crippen molar-refractivity contribution in [3.8, 4) is 0 Å². The second-order valence-electron chi connectivity index (χ2n) is 5.07. The third-order valence-electron chi connectivity index (χ3n) is 3.40. The first-order chi connectivity index (χ1) is 9.63. The topological polar surface area (TPSA) is 28.2 Å². The Labute approximate surface area is 125 Å². The summed E-state index contributed by atoms with van der Waals surface area (Å²) in [6.45, 7) is 7.55. The van der Waals surface area contributed by atoms with Gasteiger partial charge in [-0.25, -0.2) is 4.98 Å². The highest BCUT2D eigenvalue weighted by Gasteiger charge is 2.13. The van der Waals surface area contributed by atoms with Crippen molar-refractivity contribution in [3.63, 3.8) is 0 Å². The van der Waals surface area contributed by atoms with E-state index in [4.69, 9.17) is 0 Å². The quantitative estimate of drug-likeness (QED) is 0.860. The Bertz CT molecular complexity index is 550. The maximum atomic E-state index is 4.57. The summed E-state index contributed by atoms with van der Waals surface area (Å²) < 4.78 is 0. The molecule has 0 saturated heterocycles. The van der Waals surface area contributed by atoms with Gasteiger partial charge in [0.25, 0.3) is 0 Å². The summed E-state index contributed by atoms with van der Waals surface area (Å²) in [5.74, 6) is 0. The third kappa shape index (κ3) is 3.38. The van der Waals surface area contributed by atoms with Gasteiger partial charge in [0.1, 0.15) is 0 Å². The lowest BCUT2D eigenvalue weighted by atomic mass is 10.2. The van der Waals surface area contributed by atoms with Gasteiger partial charge < -0.3 is 10.2 Å². The summed E-state index contributed by atoms with van der Waals surface area (Å²) in [5, 5.41) is 4.55. The average molecular weight is 289 g/mol. The number of nitrogens with one attached hydrogen (secondary N) is 1. The van der Waals surface area contributed by atoms with Gasteiger partial charge in [-0.1, -0.05) is 36.5 Å². The monoisotopic (exact) mass is 289 g/mol. The molecule has 0 fully saturated rings. The largest absolute Gasteiger partial charge is 0.321 e. The van der Waals surface area contributed by atoms with Crippen LogP contribution in [0.2, 0.25) is 0 Å². The molecule has 1 unspecified atom stereocenters. The molecule has 0 bridgehead atoms. The lowest BCUT2D eigenvalue weighted by molar-refractivity contribution is 0.577. The van der Waals surface area contributed by atoms with Crippen LogP contribution in [0.25, 0.3) is 0 Å². The predicted octanol–water partition coefficient (Wildman–Crippen LogP) is 4.28. The number of aryl methyl sites for hydroxylation is 1. The molecule has 4 heteroatoms. The second-order valence-corrected chi connectivity index (χ2v) is 6.11. The van der Waals surface area contributed by atoms with E-state index in [0.717, 1.165) is 18.1 Å². The molecule has 0 saturated carbocycles. The van der Waals surface area contributed by atoms with Crippen molar-refractivity contribution in [3.05, 3.63) is 40.9 Å². The molecule has 0 aliphatic heterocycles. The molecular weight excluding hydrogens is 266 g/mol. The maximum Gasteiger partial charge on any atom is 0.189 e. The minimum atomic E-state index is 0.367. The molecule has 108 valence electrons. The van der Waals surface area contributed by atoms with Crippen LogP contribution in [0, 0.1) is 6.92 Å². The first kappa shape index (κ1) is 15.0. The molecule has 1 atom stereocenters. The molecule has 0 aliphatic rings. The Morgan fingerprint density at radius 2 is 2.10 bits per heavy atom. The Morgan fingerprint density at radius 3 is 2.80 bits per heavy atom. The van der Waals surface area contributed by atoms with Gasteiger partial charge in [0, 0.05) is 29.9 Å². The molecule has 20 heavy (non-hydrogen) atoms. The molecule has 0 aliphatic carbocycles. The van der Waals surface area contributed by atoms with E-state index in [1.807, 2.05) is 6.20 Å². The number of benzene rings is 1. The standard InChI is InChI=1S/C16H23N3S/c1-5-10-17-13(3)15-11-18-16(20-15)19(4)14-9-7-6-8-12(14)2/h6-9,11,13,17H,5,10H2,1-4H3. The van der Waals surface area contributed by atoms with Gasteiger partial charge in [0.05, 0.1) is 0 Å². The zero-order valence-corrected chi connectivity index (χ0v) is 13.5. The Hall–Kier alpha value is -1.39. The molecule has 1 aromatic carbocycles. The number of aromatic nitrogens is 1. The van der Waals surface area contributed by atoms with Gasteiger partial charge in [-0.15, -0.1) is 0 Å². The summed E-state index contributed by atoms with van der Waals surface area (Å²) in [4.78, 5) is 8.02. The summed E-state index contributed by atoms with van der Waals surface area (Å²) in [7, 11) is 2.08. The van der Waals surface area contributed by atoms with E-state index in [0.29, 0.717) is 6.04 Å². The van der Waals surface area contributed by atoms with Crippen LogP contribution < -0.4 is 10.2 Å². The van der Waals surface area contributed by atoms with Crippen LogP contribution in [0.15, 0.2) is 30.5 Å². The van der Waals surface area contributed by atoms with Crippen molar-refractivity contribution in [2.75, 3.05) is 18.5 Å².